The molecule has 4 N–H and O–H groups in total. The van der Waals surface area contributed by atoms with Crippen LogP contribution in [-0.4, -0.2) is 75.3 Å². The van der Waals surface area contributed by atoms with Gasteiger partial charge in [-0.05, 0) is 68.4 Å². The van der Waals surface area contributed by atoms with Gasteiger partial charge >= 0.3 is 18.1 Å². The third-order valence-electron chi connectivity index (χ3n) is 8.05. The number of nitrogen functional groups attached to an aromatic ring is 1. The third-order valence-corrected chi connectivity index (χ3v) is 8.05. The lowest BCUT2D eigenvalue weighted by Crippen LogP contribution is -2.41. The summed E-state index contributed by atoms with van der Waals surface area (Å²) in [7, 11) is 0. The van der Waals surface area contributed by atoms with E-state index in [2.05, 4.69) is 20.4 Å². The minimum Gasteiger partial charge on any atom is -0.480 e. The molecule has 0 aliphatic carbocycles. The first-order valence-electron chi connectivity index (χ1n) is 14.5. The van der Waals surface area contributed by atoms with Gasteiger partial charge in [0.15, 0.2) is 0 Å². The number of aliphatic carboxylic acids is 1. The number of nitrogens with zero attached hydrogens (tertiary/aromatic N) is 5. The van der Waals surface area contributed by atoms with Crippen LogP contribution in [0.15, 0.2) is 42.6 Å². The number of anilines is 2. The van der Waals surface area contributed by atoms with Crippen molar-refractivity contribution < 1.29 is 37.3 Å². The molecule has 4 heterocycles. The highest BCUT2D eigenvalue weighted by molar-refractivity contribution is 5.87. The van der Waals surface area contributed by atoms with Gasteiger partial charge in [-0.25, -0.2) is 9.48 Å². The molecule has 2 saturated heterocycles. The first-order chi connectivity index (χ1) is 21.4. The molecule has 5 rings (SSSR count). The summed E-state index contributed by atoms with van der Waals surface area (Å²) in [6, 6.07) is 6.68. The van der Waals surface area contributed by atoms with Gasteiger partial charge in [-0.1, -0.05) is 6.07 Å². The maximum absolute atomic E-state index is 14.8. The van der Waals surface area contributed by atoms with E-state index in [9.17, 15) is 27.9 Å². The van der Waals surface area contributed by atoms with E-state index < -0.39 is 30.3 Å². The second-order valence-corrected chi connectivity index (χ2v) is 11.2. The number of ether oxygens (including phenoxy) is 2. The molecule has 1 aromatic carbocycles. The Bertz CT molecular complexity index is 1580. The maximum Gasteiger partial charge on any atom is 0.429 e. The molecular formula is C30H34F3N7O5. The Morgan fingerprint density at radius 1 is 1.22 bits per heavy atom. The first-order valence-corrected chi connectivity index (χ1v) is 14.5. The monoisotopic (exact) mass is 629 g/mol. The lowest BCUT2D eigenvalue weighted by molar-refractivity contribution is -0.198. The van der Waals surface area contributed by atoms with E-state index in [0.717, 1.165) is 6.08 Å². The smallest absolute Gasteiger partial charge is 0.429 e. The van der Waals surface area contributed by atoms with Crippen molar-refractivity contribution in [3.8, 4) is 11.6 Å². The van der Waals surface area contributed by atoms with Crippen molar-refractivity contribution in [1.82, 2.24) is 25.1 Å². The van der Waals surface area contributed by atoms with Crippen LogP contribution in [0.3, 0.4) is 0 Å². The largest absolute Gasteiger partial charge is 0.480 e. The van der Waals surface area contributed by atoms with Crippen LogP contribution in [-0.2, 0) is 14.3 Å². The zero-order valence-corrected chi connectivity index (χ0v) is 24.8. The van der Waals surface area contributed by atoms with Crippen molar-refractivity contribution in [2.24, 2.45) is 5.41 Å². The van der Waals surface area contributed by atoms with Crippen LogP contribution < -0.4 is 20.7 Å². The Kier molecular flexibility index (Phi) is 9.00. The summed E-state index contributed by atoms with van der Waals surface area (Å²) in [5.41, 5.74) is 6.52. The number of halogens is 3. The summed E-state index contributed by atoms with van der Waals surface area (Å²) in [5, 5.41) is 16.7. The van der Waals surface area contributed by atoms with Gasteiger partial charge in [0.25, 0.3) is 0 Å². The number of hydrogen-bond donors (Lipinski definition) is 3. The predicted octanol–water partition coefficient (Wildman–Crippen LogP) is 3.84. The molecule has 3 aromatic rings. The summed E-state index contributed by atoms with van der Waals surface area (Å²) in [5.74, 6) is -1.84. The first kappa shape index (κ1) is 31.8. The molecule has 1 unspecified atom stereocenters. The number of rotatable bonds is 9. The fourth-order valence-corrected chi connectivity index (χ4v) is 5.76. The van der Waals surface area contributed by atoms with Crippen molar-refractivity contribution in [1.29, 1.82) is 0 Å². The normalized spacial score (nSPS) is 18.8. The zero-order valence-electron chi connectivity index (χ0n) is 24.8. The number of hydrogen-bond acceptors (Lipinski definition) is 10. The highest BCUT2D eigenvalue weighted by Gasteiger charge is 2.46. The molecule has 240 valence electrons. The average Bonchev–Trinajstić information content (AvgIpc) is 3.61. The van der Waals surface area contributed by atoms with Crippen molar-refractivity contribution in [3.05, 3.63) is 59.4 Å². The average molecular weight is 630 g/mol. The number of nitrogens with two attached hydrogens (primary N) is 1. The molecule has 2 aromatic heterocycles. The van der Waals surface area contributed by atoms with Gasteiger partial charge in [0.2, 0.25) is 17.9 Å². The number of aryl methyl sites for hydroxylation is 1. The third kappa shape index (κ3) is 7.36. The van der Waals surface area contributed by atoms with Crippen LogP contribution in [0.2, 0.25) is 0 Å². The summed E-state index contributed by atoms with van der Waals surface area (Å²) in [6.45, 7) is 5.10. The van der Waals surface area contributed by atoms with Gasteiger partial charge in [0.1, 0.15) is 11.9 Å². The van der Waals surface area contributed by atoms with Crippen molar-refractivity contribution in [3.63, 3.8) is 0 Å². The van der Waals surface area contributed by atoms with Crippen LogP contribution in [0, 0.1) is 12.3 Å². The number of carboxylic acid groups (broad SMARTS) is 1. The van der Waals surface area contributed by atoms with E-state index in [1.54, 1.807) is 26.0 Å². The molecule has 45 heavy (non-hydrogen) atoms. The maximum atomic E-state index is 14.8. The summed E-state index contributed by atoms with van der Waals surface area (Å²) < 4.78 is 56.1. The molecular weight excluding hydrogens is 595 g/mol. The lowest BCUT2D eigenvalue weighted by Gasteiger charge is -2.39. The topological polar surface area (TPSA) is 158 Å². The van der Waals surface area contributed by atoms with Crippen molar-refractivity contribution in [2.75, 3.05) is 36.9 Å². The van der Waals surface area contributed by atoms with E-state index >= 15 is 0 Å². The molecule has 0 radical (unpaired) electrons. The van der Waals surface area contributed by atoms with Crippen LogP contribution in [0.5, 0.6) is 5.88 Å². The van der Waals surface area contributed by atoms with Gasteiger partial charge in [-0.2, -0.15) is 28.2 Å². The number of aromatic nitrogens is 4. The van der Waals surface area contributed by atoms with Gasteiger partial charge < -0.3 is 30.5 Å². The van der Waals surface area contributed by atoms with Gasteiger partial charge in [0.05, 0.1) is 18.0 Å². The molecule has 12 nitrogen and oxygen atoms in total. The SMILES string of the molecule is CCOC(=O)/C=C/c1ccc(-n2ccc(C)n2)c([C@@H](Oc2cc(N3CCC4(CC3)CNC(C(=O)O)C4)nc(N)n2)C(F)(F)F)c1. The summed E-state index contributed by atoms with van der Waals surface area (Å²) >= 11 is 0. The lowest BCUT2D eigenvalue weighted by atomic mass is 9.76. The highest BCUT2D eigenvalue weighted by atomic mass is 19.4. The van der Waals surface area contributed by atoms with Gasteiger partial charge in [-0.15, -0.1) is 0 Å². The van der Waals surface area contributed by atoms with Crippen LogP contribution in [0.1, 0.15) is 49.1 Å². The number of esters is 1. The fourth-order valence-electron chi connectivity index (χ4n) is 5.76. The Morgan fingerprint density at radius 3 is 2.60 bits per heavy atom. The Morgan fingerprint density at radius 2 is 1.98 bits per heavy atom. The molecule has 2 atom stereocenters. The standard InChI is InChI=1S/C30H34F3N7O5/c1-3-44-25(41)7-5-19-4-6-22(40-11-8-18(2)38-40)20(14-19)26(30(31,32)33)45-24-15-23(36-28(34)37-24)39-12-9-29(10-13-39)16-21(27(42)43)35-17-29/h4-8,11,14-15,21,26,35H,3,9-10,12-13,16-17H2,1-2H3,(H,42,43)(H2,34,36,37)/b7-5+/t21?,26-/m1/s1. The number of alkyl halides is 3. The van der Waals surface area contributed by atoms with E-state index in [1.165, 1.54) is 35.2 Å². The second-order valence-electron chi connectivity index (χ2n) is 11.2. The Hall–Kier alpha value is -4.66. The van der Waals surface area contributed by atoms with Crippen molar-refractivity contribution in [2.45, 2.75) is 51.4 Å². The quantitative estimate of drug-likeness (QED) is 0.233. The molecule has 0 bridgehead atoms. The zero-order chi connectivity index (χ0) is 32.4. The molecule has 15 heteroatoms. The predicted molar refractivity (Wildman–Crippen MR) is 158 cm³/mol. The molecule has 2 aliphatic rings. The van der Waals surface area contributed by atoms with Gasteiger partial charge in [-0.3, -0.25) is 4.79 Å². The van der Waals surface area contributed by atoms with Crippen LogP contribution in [0.25, 0.3) is 11.8 Å². The molecule has 1 spiro atoms. The van der Waals surface area contributed by atoms with E-state index in [-0.39, 0.29) is 35.1 Å². The number of benzene rings is 1. The number of carboxylic acids is 1. The molecule has 2 fully saturated rings. The number of carbonyl (C=O) groups excluding carboxylic acids is 1. The Labute approximate surface area is 257 Å². The summed E-state index contributed by atoms with van der Waals surface area (Å²) in [6.07, 6.45) is -1.50. The minimum absolute atomic E-state index is 0.118. The minimum atomic E-state index is -4.89. The Balaban J connectivity index is 1.44. The molecule has 2 aliphatic heterocycles. The van der Waals surface area contributed by atoms with Crippen LogP contribution >= 0.6 is 0 Å². The molecule has 0 amide bonds. The number of nitrogens with one attached hydrogen (secondary N) is 1. The molecule has 0 saturated carbocycles. The van der Waals surface area contributed by atoms with Gasteiger partial charge in [0, 0.05) is 43.5 Å². The van der Waals surface area contributed by atoms with E-state index in [0.29, 0.717) is 56.0 Å². The second kappa shape index (κ2) is 12.8. The summed E-state index contributed by atoms with van der Waals surface area (Å²) in [4.78, 5) is 33.4. The van der Waals surface area contributed by atoms with E-state index in [4.69, 9.17) is 15.2 Å². The number of carbonyl (C=O) groups is 2. The highest BCUT2D eigenvalue weighted by Crippen LogP contribution is 2.42. The van der Waals surface area contributed by atoms with E-state index in [1.807, 2.05) is 4.90 Å². The van der Waals surface area contributed by atoms with Crippen molar-refractivity contribution >= 4 is 29.8 Å². The van der Waals surface area contributed by atoms with Crippen LogP contribution in [0.4, 0.5) is 24.9 Å². The fraction of sp³-hybridized carbons (Fsp3) is 0.433. The number of piperidine rings is 1.